The SMILES string of the molecule is Cc1ccc(NC(=O)C(C)OC(=O)c2oc3ccccc3c2C)cc1. The highest BCUT2D eigenvalue weighted by atomic mass is 16.6. The van der Waals surface area contributed by atoms with E-state index in [9.17, 15) is 9.59 Å². The molecule has 5 nitrogen and oxygen atoms in total. The number of ether oxygens (including phenoxy) is 1. The predicted molar refractivity (Wildman–Crippen MR) is 95.6 cm³/mol. The lowest BCUT2D eigenvalue weighted by molar-refractivity contribution is -0.123. The first-order valence-electron chi connectivity index (χ1n) is 8.02. The van der Waals surface area contributed by atoms with Gasteiger partial charge >= 0.3 is 5.97 Å². The summed E-state index contributed by atoms with van der Waals surface area (Å²) in [7, 11) is 0. The minimum Gasteiger partial charge on any atom is -0.449 e. The van der Waals surface area contributed by atoms with Crippen molar-refractivity contribution in [2.24, 2.45) is 0 Å². The molecular weight excluding hydrogens is 318 g/mol. The van der Waals surface area contributed by atoms with Crippen molar-refractivity contribution in [3.8, 4) is 0 Å². The zero-order valence-corrected chi connectivity index (χ0v) is 14.3. The highest BCUT2D eigenvalue weighted by molar-refractivity contribution is 5.99. The van der Waals surface area contributed by atoms with Crippen molar-refractivity contribution in [1.82, 2.24) is 0 Å². The van der Waals surface area contributed by atoms with Crippen molar-refractivity contribution in [2.75, 3.05) is 5.32 Å². The van der Waals surface area contributed by atoms with Gasteiger partial charge in [0.1, 0.15) is 5.58 Å². The van der Waals surface area contributed by atoms with Gasteiger partial charge in [0.15, 0.2) is 6.10 Å². The lowest BCUT2D eigenvalue weighted by atomic mass is 10.1. The Labute approximate surface area is 145 Å². The first-order valence-corrected chi connectivity index (χ1v) is 8.02. The second kappa shape index (κ2) is 6.81. The van der Waals surface area contributed by atoms with Crippen LogP contribution in [0.4, 0.5) is 5.69 Å². The zero-order valence-electron chi connectivity index (χ0n) is 14.3. The molecule has 25 heavy (non-hydrogen) atoms. The summed E-state index contributed by atoms with van der Waals surface area (Å²) in [4.78, 5) is 24.6. The fraction of sp³-hybridized carbons (Fsp3) is 0.200. The van der Waals surface area contributed by atoms with Crippen LogP contribution in [0.15, 0.2) is 52.9 Å². The molecular formula is C20H19NO4. The smallest absolute Gasteiger partial charge is 0.375 e. The van der Waals surface area contributed by atoms with Gasteiger partial charge in [-0.1, -0.05) is 35.9 Å². The number of furan rings is 1. The molecule has 1 unspecified atom stereocenters. The average molecular weight is 337 g/mol. The van der Waals surface area contributed by atoms with Gasteiger partial charge in [-0.3, -0.25) is 4.79 Å². The van der Waals surface area contributed by atoms with E-state index < -0.39 is 18.0 Å². The first kappa shape index (κ1) is 16.8. The molecule has 3 rings (SSSR count). The Hall–Kier alpha value is -3.08. The third-order valence-electron chi connectivity index (χ3n) is 4.00. The maximum Gasteiger partial charge on any atom is 0.375 e. The number of aryl methyl sites for hydroxylation is 2. The second-order valence-electron chi connectivity index (χ2n) is 5.96. The summed E-state index contributed by atoms with van der Waals surface area (Å²) < 4.78 is 10.8. The number of nitrogens with one attached hydrogen (secondary N) is 1. The number of anilines is 1. The Balaban J connectivity index is 1.69. The van der Waals surface area contributed by atoms with Gasteiger partial charge in [0, 0.05) is 16.6 Å². The van der Waals surface area contributed by atoms with Crippen molar-refractivity contribution in [3.63, 3.8) is 0 Å². The highest BCUT2D eigenvalue weighted by Crippen LogP contribution is 2.25. The van der Waals surface area contributed by atoms with Crippen LogP contribution >= 0.6 is 0 Å². The fourth-order valence-electron chi connectivity index (χ4n) is 2.52. The molecule has 0 aliphatic rings. The Kier molecular flexibility index (Phi) is 4.57. The molecule has 1 aromatic heterocycles. The zero-order chi connectivity index (χ0) is 18.0. The number of hydrogen-bond acceptors (Lipinski definition) is 4. The van der Waals surface area contributed by atoms with Crippen LogP contribution in [0.5, 0.6) is 0 Å². The molecule has 0 saturated heterocycles. The minimum atomic E-state index is -0.943. The highest BCUT2D eigenvalue weighted by Gasteiger charge is 2.24. The molecule has 0 aliphatic carbocycles. The third kappa shape index (κ3) is 3.55. The monoisotopic (exact) mass is 337 g/mol. The van der Waals surface area contributed by atoms with Gasteiger partial charge in [-0.15, -0.1) is 0 Å². The van der Waals surface area contributed by atoms with E-state index in [0.29, 0.717) is 16.8 Å². The topological polar surface area (TPSA) is 68.5 Å². The van der Waals surface area contributed by atoms with Crippen molar-refractivity contribution < 1.29 is 18.7 Å². The molecule has 0 bridgehead atoms. The van der Waals surface area contributed by atoms with E-state index in [-0.39, 0.29) is 5.76 Å². The molecule has 1 heterocycles. The molecule has 0 saturated carbocycles. The number of rotatable bonds is 4. The number of fused-ring (bicyclic) bond motifs is 1. The van der Waals surface area contributed by atoms with Gasteiger partial charge in [-0.2, -0.15) is 0 Å². The van der Waals surface area contributed by atoms with Gasteiger partial charge in [0.25, 0.3) is 5.91 Å². The molecule has 0 radical (unpaired) electrons. The predicted octanol–water partition coefficient (Wildman–Crippen LogP) is 4.23. The molecule has 1 N–H and O–H groups in total. The maximum atomic E-state index is 12.4. The second-order valence-corrected chi connectivity index (χ2v) is 5.96. The van der Waals surface area contributed by atoms with Crippen LogP contribution in [0.25, 0.3) is 11.0 Å². The third-order valence-corrected chi connectivity index (χ3v) is 4.00. The Morgan fingerprint density at radius 2 is 1.72 bits per heavy atom. The summed E-state index contributed by atoms with van der Waals surface area (Å²) in [5.41, 5.74) is 3.06. The van der Waals surface area contributed by atoms with Crippen LogP contribution in [0.3, 0.4) is 0 Å². The molecule has 1 amide bonds. The average Bonchev–Trinajstić information content (AvgIpc) is 2.94. The quantitative estimate of drug-likeness (QED) is 0.723. The van der Waals surface area contributed by atoms with E-state index in [1.54, 1.807) is 25.1 Å². The molecule has 0 aliphatic heterocycles. The van der Waals surface area contributed by atoms with Crippen molar-refractivity contribution >= 4 is 28.5 Å². The lowest BCUT2D eigenvalue weighted by Gasteiger charge is -2.13. The van der Waals surface area contributed by atoms with Crippen LogP contribution in [0, 0.1) is 13.8 Å². The molecule has 5 heteroatoms. The molecule has 128 valence electrons. The summed E-state index contributed by atoms with van der Waals surface area (Å²) in [6.45, 7) is 5.28. The Bertz CT molecular complexity index is 925. The summed E-state index contributed by atoms with van der Waals surface area (Å²) in [6.07, 6.45) is -0.943. The van der Waals surface area contributed by atoms with E-state index in [1.165, 1.54) is 6.92 Å². The van der Waals surface area contributed by atoms with Crippen LogP contribution in [-0.4, -0.2) is 18.0 Å². The summed E-state index contributed by atoms with van der Waals surface area (Å²) in [6, 6.07) is 14.7. The van der Waals surface area contributed by atoms with Gasteiger partial charge < -0.3 is 14.5 Å². The van der Waals surface area contributed by atoms with Gasteiger partial charge in [-0.25, -0.2) is 4.79 Å². The van der Waals surface area contributed by atoms with Gasteiger partial charge in [0.05, 0.1) is 0 Å². The Morgan fingerprint density at radius 1 is 1.04 bits per heavy atom. The normalized spacial score (nSPS) is 12.0. The van der Waals surface area contributed by atoms with E-state index in [0.717, 1.165) is 10.9 Å². The number of hydrogen-bond donors (Lipinski definition) is 1. The van der Waals surface area contributed by atoms with Gasteiger partial charge in [-0.05, 0) is 39.0 Å². The molecule has 0 spiro atoms. The van der Waals surface area contributed by atoms with E-state index in [1.807, 2.05) is 37.3 Å². The summed E-state index contributed by atoms with van der Waals surface area (Å²) in [5, 5.41) is 3.57. The van der Waals surface area contributed by atoms with Crippen molar-refractivity contribution in [1.29, 1.82) is 0 Å². The van der Waals surface area contributed by atoms with E-state index >= 15 is 0 Å². The van der Waals surface area contributed by atoms with Crippen LogP contribution < -0.4 is 5.32 Å². The van der Waals surface area contributed by atoms with Crippen molar-refractivity contribution in [2.45, 2.75) is 26.9 Å². The molecule has 3 aromatic rings. The van der Waals surface area contributed by atoms with E-state index in [2.05, 4.69) is 5.32 Å². The summed E-state index contributed by atoms with van der Waals surface area (Å²) in [5.74, 6) is -0.928. The number of benzene rings is 2. The summed E-state index contributed by atoms with van der Waals surface area (Å²) >= 11 is 0. The molecule has 1 atom stereocenters. The van der Waals surface area contributed by atoms with Crippen LogP contribution in [0.1, 0.15) is 28.6 Å². The van der Waals surface area contributed by atoms with E-state index in [4.69, 9.17) is 9.15 Å². The number of carbonyl (C=O) groups is 2. The lowest BCUT2D eigenvalue weighted by Crippen LogP contribution is -2.30. The first-order chi connectivity index (χ1) is 12.0. The number of carbonyl (C=O) groups excluding carboxylic acids is 2. The minimum absolute atomic E-state index is 0.121. The van der Waals surface area contributed by atoms with Crippen molar-refractivity contribution in [3.05, 3.63) is 65.4 Å². The van der Waals surface area contributed by atoms with Gasteiger partial charge in [0.2, 0.25) is 5.76 Å². The molecule has 2 aromatic carbocycles. The van der Waals surface area contributed by atoms with Crippen LogP contribution in [-0.2, 0) is 9.53 Å². The molecule has 0 fully saturated rings. The largest absolute Gasteiger partial charge is 0.449 e. The fourth-order valence-corrected chi connectivity index (χ4v) is 2.52. The van der Waals surface area contributed by atoms with Crippen LogP contribution in [0.2, 0.25) is 0 Å². The maximum absolute atomic E-state index is 12.4. The Morgan fingerprint density at radius 3 is 2.40 bits per heavy atom. The number of amides is 1. The number of para-hydroxylation sites is 1. The number of esters is 1. The standard InChI is InChI=1S/C20H19NO4/c1-12-8-10-15(11-9-12)21-19(22)14(3)24-20(23)18-13(2)16-6-4-5-7-17(16)25-18/h4-11,14H,1-3H3,(H,21,22).